The predicted octanol–water partition coefficient (Wildman–Crippen LogP) is 6.23. The van der Waals surface area contributed by atoms with E-state index in [0.717, 1.165) is 49.2 Å². The molecule has 3 aromatic rings. The van der Waals surface area contributed by atoms with Crippen molar-refractivity contribution < 1.29 is 9.59 Å². The fraction of sp³-hybridized carbons (Fsp3) is 0.353. The molecule has 2 heterocycles. The van der Waals surface area contributed by atoms with E-state index in [4.69, 9.17) is 0 Å². The van der Waals surface area contributed by atoms with E-state index in [1.165, 1.54) is 11.1 Å². The highest BCUT2D eigenvalue weighted by molar-refractivity contribution is 5.89. The SMILES string of the molecule is CC(=O)CC[C@@H]1[C@H](c2ccc(C#Cc3ccccc3)cc2)[C@@H]2CN(C(=O)Nc3ccc(C)cc3)CCCCN12. The van der Waals surface area contributed by atoms with Crippen molar-refractivity contribution in [2.45, 2.75) is 57.5 Å². The Kier molecular flexibility index (Phi) is 8.44. The minimum Gasteiger partial charge on any atom is -0.323 e. The van der Waals surface area contributed by atoms with Crippen molar-refractivity contribution in [3.05, 3.63) is 101 Å². The predicted molar refractivity (Wildman–Crippen MR) is 157 cm³/mol. The third-order valence-corrected chi connectivity index (χ3v) is 7.99. The number of ketones is 1. The van der Waals surface area contributed by atoms with Crippen molar-refractivity contribution in [3.8, 4) is 11.8 Å². The number of carbonyl (C=O) groups is 2. The zero-order chi connectivity index (χ0) is 27.2. The molecule has 3 atom stereocenters. The summed E-state index contributed by atoms with van der Waals surface area (Å²) in [5.74, 6) is 7.01. The van der Waals surface area contributed by atoms with Crippen molar-refractivity contribution >= 4 is 17.5 Å². The van der Waals surface area contributed by atoms with Crippen LogP contribution in [-0.2, 0) is 4.79 Å². The molecular weight excluding hydrogens is 482 g/mol. The molecule has 2 fully saturated rings. The lowest BCUT2D eigenvalue weighted by Crippen LogP contribution is -2.67. The van der Waals surface area contributed by atoms with E-state index < -0.39 is 0 Å². The highest BCUT2D eigenvalue weighted by Gasteiger charge is 2.49. The van der Waals surface area contributed by atoms with Crippen LogP contribution in [0.15, 0.2) is 78.9 Å². The van der Waals surface area contributed by atoms with E-state index in [2.05, 4.69) is 46.3 Å². The number of hydrogen-bond acceptors (Lipinski definition) is 3. The van der Waals surface area contributed by atoms with Gasteiger partial charge in [0, 0.05) is 54.3 Å². The first-order chi connectivity index (χ1) is 19.0. The molecule has 0 unspecified atom stereocenters. The third-order valence-electron chi connectivity index (χ3n) is 7.99. The average molecular weight is 520 g/mol. The Morgan fingerprint density at radius 2 is 1.54 bits per heavy atom. The number of anilines is 1. The number of nitrogens with zero attached hydrogens (tertiary/aromatic N) is 2. The summed E-state index contributed by atoms with van der Waals surface area (Å²) in [7, 11) is 0. The number of rotatable bonds is 5. The minimum atomic E-state index is -0.0434. The van der Waals surface area contributed by atoms with Crippen LogP contribution in [0.4, 0.5) is 10.5 Å². The number of fused-ring (bicyclic) bond motifs is 1. The average Bonchev–Trinajstić information content (AvgIpc) is 2.93. The molecule has 2 aliphatic rings. The van der Waals surface area contributed by atoms with Gasteiger partial charge in [-0.2, -0.15) is 0 Å². The van der Waals surface area contributed by atoms with Crippen LogP contribution in [0.1, 0.15) is 60.8 Å². The highest BCUT2D eigenvalue weighted by Crippen LogP contribution is 2.44. The number of urea groups is 1. The van der Waals surface area contributed by atoms with E-state index in [9.17, 15) is 9.59 Å². The topological polar surface area (TPSA) is 52.7 Å². The second-order valence-corrected chi connectivity index (χ2v) is 10.8. The monoisotopic (exact) mass is 519 g/mol. The normalized spacial score (nSPS) is 20.9. The van der Waals surface area contributed by atoms with Gasteiger partial charge in [-0.3, -0.25) is 4.90 Å². The fourth-order valence-electron chi connectivity index (χ4n) is 5.90. The third kappa shape index (κ3) is 6.58. The standard InChI is InChI=1S/C34H37N3O2/c1-25-10-19-30(20-11-25)35-34(39)36-22-6-7-23-37-31(21-12-26(2)38)33(32(37)24-36)29-17-15-28(16-18-29)14-13-27-8-4-3-5-9-27/h3-5,8-11,15-20,31-33H,6-7,12,21-24H2,1-2H3,(H,35,39)/t31-,32+,33+/m1/s1. The lowest BCUT2D eigenvalue weighted by atomic mass is 9.72. The van der Waals surface area contributed by atoms with Crippen LogP contribution >= 0.6 is 0 Å². The number of hydrogen-bond donors (Lipinski definition) is 1. The largest absolute Gasteiger partial charge is 0.323 e. The van der Waals surface area contributed by atoms with Crippen LogP contribution in [0.2, 0.25) is 0 Å². The fourth-order valence-corrected chi connectivity index (χ4v) is 5.90. The summed E-state index contributed by atoms with van der Waals surface area (Å²) in [4.78, 5) is 29.7. The first kappa shape index (κ1) is 26.7. The van der Waals surface area contributed by atoms with Gasteiger partial charge in [0.15, 0.2) is 0 Å². The Labute approximate surface area is 232 Å². The Bertz CT molecular complexity index is 1340. The molecule has 5 heteroatoms. The number of nitrogens with one attached hydrogen (secondary N) is 1. The van der Waals surface area contributed by atoms with Crippen molar-refractivity contribution in [1.29, 1.82) is 0 Å². The van der Waals surface area contributed by atoms with Crippen molar-refractivity contribution in [1.82, 2.24) is 9.80 Å². The smallest absolute Gasteiger partial charge is 0.321 e. The number of carbonyl (C=O) groups excluding carboxylic acids is 2. The van der Waals surface area contributed by atoms with E-state index in [1.54, 1.807) is 6.92 Å². The van der Waals surface area contributed by atoms with Gasteiger partial charge < -0.3 is 15.0 Å². The van der Waals surface area contributed by atoms with E-state index in [0.29, 0.717) is 19.0 Å². The van der Waals surface area contributed by atoms with Crippen molar-refractivity contribution in [3.63, 3.8) is 0 Å². The molecule has 5 nitrogen and oxygen atoms in total. The lowest BCUT2D eigenvalue weighted by Gasteiger charge is -2.58. The summed E-state index contributed by atoms with van der Waals surface area (Å²) in [6.07, 6.45) is 3.45. The summed E-state index contributed by atoms with van der Waals surface area (Å²) in [6.45, 7) is 6.16. The first-order valence-electron chi connectivity index (χ1n) is 14.0. The van der Waals surface area contributed by atoms with Gasteiger partial charge in [-0.05, 0) is 81.6 Å². The molecule has 1 N–H and O–H groups in total. The van der Waals surface area contributed by atoms with Gasteiger partial charge in [0.05, 0.1) is 0 Å². The Morgan fingerprint density at radius 1 is 0.872 bits per heavy atom. The van der Waals surface area contributed by atoms with Crippen molar-refractivity contribution in [2.75, 3.05) is 25.0 Å². The van der Waals surface area contributed by atoms with Crippen molar-refractivity contribution in [2.24, 2.45) is 0 Å². The summed E-state index contributed by atoms with van der Waals surface area (Å²) >= 11 is 0. The van der Waals surface area contributed by atoms with Gasteiger partial charge in [-0.1, -0.05) is 59.9 Å². The molecule has 0 radical (unpaired) electrons. The van der Waals surface area contributed by atoms with Gasteiger partial charge >= 0.3 is 6.03 Å². The summed E-state index contributed by atoms with van der Waals surface area (Å²) in [5.41, 5.74) is 5.23. The van der Waals surface area contributed by atoms with Gasteiger partial charge in [-0.15, -0.1) is 0 Å². The molecule has 2 aliphatic heterocycles. The summed E-state index contributed by atoms with van der Waals surface area (Å²) in [5, 5.41) is 3.10. The molecule has 5 rings (SSSR count). The van der Waals surface area contributed by atoms with Gasteiger partial charge in [0.25, 0.3) is 0 Å². The number of amides is 2. The maximum atomic E-state index is 13.3. The highest BCUT2D eigenvalue weighted by atomic mass is 16.2. The molecule has 39 heavy (non-hydrogen) atoms. The summed E-state index contributed by atoms with van der Waals surface area (Å²) < 4.78 is 0. The van der Waals surface area contributed by atoms with Gasteiger partial charge in [0.1, 0.15) is 5.78 Å². The first-order valence-corrected chi connectivity index (χ1v) is 14.0. The maximum absolute atomic E-state index is 13.3. The van der Waals surface area contributed by atoms with Gasteiger partial charge in [0.2, 0.25) is 0 Å². The quantitative estimate of drug-likeness (QED) is 0.407. The maximum Gasteiger partial charge on any atom is 0.321 e. The molecule has 0 saturated carbocycles. The minimum absolute atomic E-state index is 0.0434. The Morgan fingerprint density at radius 3 is 2.23 bits per heavy atom. The second-order valence-electron chi connectivity index (χ2n) is 10.8. The zero-order valence-electron chi connectivity index (χ0n) is 22.9. The van der Waals surface area contributed by atoms with E-state index in [1.807, 2.05) is 66.4 Å². The van der Waals surface area contributed by atoms with Crippen LogP contribution in [0, 0.1) is 18.8 Å². The molecule has 2 saturated heterocycles. The second kappa shape index (κ2) is 12.3. The summed E-state index contributed by atoms with van der Waals surface area (Å²) in [6, 6.07) is 27.0. The molecule has 2 amide bonds. The van der Waals surface area contributed by atoms with Crippen LogP contribution in [-0.4, -0.2) is 53.3 Å². The lowest BCUT2D eigenvalue weighted by molar-refractivity contribution is -0.118. The molecular formula is C34H37N3O2. The Balaban J connectivity index is 1.35. The molecule has 0 spiro atoms. The molecule has 0 bridgehead atoms. The van der Waals surface area contributed by atoms with E-state index in [-0.39, 0.29) is 23.8 Å². The van der Waals surface area contributed by atoms with Crippen LogP contribution in [0.25, 0.3) is 0 Å². The van der Waals surface area contributed by atoms with Gasteiger partial charge in [-0.25, -0.2) is 4.79 Å². The number of benzene rings is 3. The van der Waals surface area contributed by atoms with Crippen LogP contribution in [0.5, 0.6) is 0 Å². The molecule has 0 aliphatic carbocycles. The van der Waals surface area contributed by atoms with E-state index >= 15 is 0 Å². The Hall–Kier alpha value is -3.88. The molecule has 3 aromatic carbocycles. The molecule has 0 aromatic heterocycles. The number of aryl methyl sites for hydroxylation is 1. The number of Topliss-reactive ketones (excluding diaryl/α,β-unsaturated/α-hetero) is 1. The molecule has 200 valence electrons. The van der Waals surface area contributed by atoms with Crippen LogP contribution < -0.4 is 5.32 Å². The zero-order valence-corrected chi connectivity index (χ0v) is 22.9. The van der Waals surface area contributed by atoms with Crippen LogP contribution in [0.3, 0.4) is 0 Å².